The van der Waals surface area contributed by atoms with E-state index in [0.717, 1.165) is 42.5 Å². The fourth-order valence-electron chi connectivity index (χ4n) is 3.76. The third-order valence-electron chi connectivity index (χ3n) is 5.68. The maximum Gasteiger partial charge on any atom is 0.323 e. The van der Waals surface area contributed by atoms with Gasteiger partial charge in [0.15, 0.2) is 0 Å². The highest BCUT2D eigenvalue weighted by Crippen LogP contribution is 2.29. The molecule has 3 N–H and O–H groups in total. The molecule has 2 aromatic rings. The Morgan fingerprint density at radius 1 is 1.06 bits per heavy atom. The quantitative estimate of drug-likeness (QED) is 0.385. The van der Waals surface area contributed by atoms with Crippen molar-refractivity contribution in [3.63, 3.8) is 0 Å². The lowest BCUT2D eigenvalue weighted by Crippen LogP contribution is -2.35. The Kier molecular flexibility index (Phi) is 9.57. The topological polar surface area (TPSA) is 82.7 Å². The van der Waals surface area contributed by atoms with Crippen LogP contribution in [0.15, 0.2) is 46.9 Å². The van der Waals surface area contributed by atoms with Gasteiger partial charge in [0.2, 0.25) is 0 Å². The number of amides is 3. The molecule has 3 rings (SSSR count). The van der Waals surface area contributed by atoms with Crippen LogP contribution in [0.25, 0.3) is 0 Å². The van der Waals surface area contributed by atoms with Crippen LogP contribution in [0.5, 0.6) is 0 Å². The molecule has 8 heteroatoms. The molecule has 7 nitrogen and oxygen atoms in total. The second-order valence-corrected chi connectivity index (χ2v) is 9.21. The van der Waals surface area contributed by atoms with Gasteiger partial charge >= 0.3 is 6.03 Å². The van der Waals surface area contributed by atoms with Crippen molar-refractivity contribution in [2.24, 2.45) is 5.92 Å². The third-order valence-corrected chi connectivity index (χ3v) is 6.21. The first-order valence-corrected chi connectivity index (χ1v) is 12.3. The zero-order valence-corrected chi connectivity index (χ0v) is 20.9. The van der Waals surface area contributed by atoms with Gasteiger partial charge in [-0.25, -0.2) is 4.79 Å². The minimum Gasteiger partial charge on any atom is -0.382 e. The number of nitrogens with one attached hydrogen (secondary N) is 3. The van der Waals surface area contributed by atoms with Gasteiger partial charge in [-0.1, -0.05) is 22.9 Å². The molecule has 1 aliphatic heterocycles. The highest BCUT2D eigenvalue weighted by Gasteiger charge is 2.22. The minimum absolute atomic E-state index is 0.142. The molecule has 0 aliphatic carbocycles. The number of anilines is 3. The molecule has 2 aromatic carbocycles. The summed E-state index contributed by atoms with van der Waals surface area (Å²) in [4.78, 5) is 27.8. The van der Waals surface area contributed by atoms with Gasteiger partial charge in [-0.05, 0) is 74.6 Å². The van der Waals surface area contributed by atoms with Crippen LogP contribution in [0, 0.1) is 5.92 Å². The largest absolute Gasteiger partial charge is 0.382 e. The van der Waals surface area contributed by atoms with Gasteiger partial charge in [-0.2, -0.15) is 0 Å². The Labute approximate surface area is 204 Å². The van der Waals surface area contributed by atoms with Crippen molar-refractivity contribution in [3.8, 4) is 0 Å². The van der Waals surface area contributed by atoms with E-state index in [1.807, 2.05) is 43.3 Å². The van der Waals surface area contributed by atoms with Gasteiger partial charge < -0.3 is 25.6 Å². The zero-order chi connectivity index (χ0) is 23.6. The van der Waals surface area contributed by atoms with E-state index in [0.29, 0.717) is 42.6 Å². The molecule has 178 valence electrons. The first-order valence-electron chi connectivity index (χ1n) is 11.5. The van der Waals surface area contributed by atoms with Crippen LogP contribution in [0.4, 0.5) is 21.9 Å². The van der Waals surface area contributed by atoms with Crippen molar-refractivity contribution in [1.82, 2.24) is 5.32 Å². The summed E-state index contributed by atoms with van der Waals surface area (Å²) in [6, 6.07) is 12.5. The predicted octanol–water partition coefficient (Wildman–Crippen LogP) is 5.49. The Morgan fingerprint density at radius 3 is 2.42 bits per heavy atom. The summed E-state index contributed by atoms with van der Waals surface area (Å²) in [5.41, 5.74) is 2.73. The number of hydrogen-bond acceptors (Lipinski definition) is 4. The van der Waals surface area contributed by atoms with Gasteiger partial charge in [0.1, 0.15) is 0 Å². The van der Waals surface area contributed by atoms with Gasteiger partial charge in [0, 0.05) is 54.4 Å². The fourth-order valence-corrected chi connectivity index (χ4v) is 4.03. The van der Waals surface area contributed by atoms with Crippen molar-refractivity contribution in [3.05, 3.63) is 52.5 Å². The Bertz CT molecular complexity index is 928. The zero-order valence-electron chi connectivity index (χ0n) is 19.3. The number of rotatable bonds is 9. The summed E-state index contributed by atoms with van der Waals surface area (Å²) in [5, 5.41) is 8.64. The number of piperidine rings is 1. The van der Waals surface area contributed by atoms with Crippen LogP contribution in [0.2, 0.25) is 0 Å². The molecule has 0 unspecified atom stereocenters. The van der Waals surface area contributed by atoms with E-state index in [9.17, 15) is 9.59 Å². The number of halogens is 1. The Hall–Kier alpha value is -2.58. The van der Waals surface area contributed by atoms with Crippen LogP contribution in [-0.2, 0) is 4.74 Å². The predicted molar refractivity (Wildman–Crippen MR) is 137 cm³/mol. The molecular formula is C25H33BrN4O3. The van der Waals surface area contributed by atoms with E-state index in [1.54, 1.807) is 6.07 Å². The first kappa shape index (κ1) is 25.1. The van der Waals surface area contributed by atoms with E-state index < -0.39 is 0 Å². The molecule has 1 heterocycles. The lowest BCUT2D eigenvalue weighted by Gasteiger charge is -2.33. The number of urea groups is 1. The number of carbonyl (C=O) groups is 2. The molecule has 0 saturated carbocycles. The number of nitrogens with zero attached hydrogens (tertiary/aromatic N) is 1. The summed E-state index contributed by atoms with van der Waals surface area (Å²) < 4.78 is 6.29. The molecule has 0 atom stereocenters. The monoisotopic (exact) mass is 516 g/mol. The smallest absolute Gasteiger partial charge is 0.323 e. The van der Waals surface area contributed by atoms with Crippen molar-refractivity contribution >= 4 is 44.9 Å². The number of ether oxygens (including phenoxy) is 1. The van der Waals surface area contributed by atoms with Crippen molar-refractivity contribution in [2.45, 2.75) is 33.1 Å². The normalized spacial score (nSPS) is 14.1. The van der Waals surface area contributed by atoms with Crippen molar-refractivity contribution < 1.29 is 14.3 Å². The average molecular weight is 517 g/mol. The molecule has 1 aliphatic rings. The Morgan fingerprint density at radius 2 is 1.73 bits per heavy atom. The van der Waals surface area contributed by atoms with Gasteiger partial charge in [-0.15, -0.1) is 0 Å². The molecular weight excluding hydrogens is 484 g/mol. The molecule has 33 heavy (non-hydrogen) atoms. The van der Waals surface area contributed by atoms with Crippen LogP contribution in [-0.4, -0.2) is 44.8 Å². The molecule has 3 amide bonds. The number of carbonyl (C=O) groups excluding carboxylic acids is 2. The fraction of sp³-hybridized carbons (Fsp3) is 0.440. The summed E-state index contributed by atoms with van der Waals surface area (Å²) in [6.07, 6.45) is 2.96. The summed E-state index contributed by atoms with van der Waals surface area (Å²) >= 11 is 3.38. The first-order chi connectivity index (χ1) is 16.0. The molecule has 0 spiro atoms. The third kappa shape index (κ3) is 7.75. The van der Waals surface area contributed by atoms with E-state index in [1.165, 1.54) is 0 Å². The van der Waals surface area contributed by atoms with Gasteiger partial charge in [0.25, 0.3) is 5.91 Å². The molecule has 0 bridgehead atoms. The van der Waals surface area contributed by atoms with E-state index in [4.69, 9.17) is 4.74 Å². The maximum atomic E-state index is 13.1. The van der Waals surface area contributed by atoms with Crippen LogP contribution >= 0.6 is 15.9 Å². The van der Waals surface area contributed by atoms with E-state index in [-0.39, 0.29) is 11.9 Å². The summed E-state index contributed by atoms with van der Waals surface area (Å²) in [6.45, 7) is 7.88. The van der Waals surface area contributed by atoms with Gasteiger partial charge in [-0.3, -0.25) is 4.79 Å². The highest BCUT2D eigenvalue weighted by atomic mass is 79.9. The van der Waals surface area contributed by atoms with Gasteiger partial charge in [0.05, 0.1) is 5.56 Å². The standard InChI is InChI=1S/C25H33BrN4O3/c1-3-33-16-4-13-27-24(31)22-17-21(9-10-23(22)30-14-11-18(2)12-15-30)29-25(32)28-20-7-5-19(26)6-8-20/h5-10,17-18H,3-4,11-16H2,1-2H3,(H,27,31)(H2,28,29,32). The maximum absolute atomic E-state index is 13.1. The second kappa shape index (κ2) is 12.6. The average Bonchev–Trinajstić information content (AvgIpc) is 2.81. The summed E-state index contributed by atoms with van der Waals surface area (Å²) in [7, 11) is 0. The lowest BCUT2D eigenvalue weighted by atomic mass is 9.98. The molecule has 0 aromatic heterocycles. The Balaban J connectivity index is 1.71. The van der Waals surface area contributed by atoms with E-state index in [2.05, 4.69) is 43.7 Å². The second-order valence-electron chi connectivity index (χ2n) is 8.29. The van der Waals surface area contributed by atoms with Crippen molar-refractivity contribution in [2.75, 3.05) is 48.4 Å². The molecule has 0 radical (unpaired) electrons. The van der Waals surface area contributed by atoms with Crippen LogP contribution < -0.4 is 20.9 Å². The highest BCUT2D eigenvalue weighted by molar-refractivity contribution is 9.10. The number of benzene rings is 2. The van der Waals surface area contributed by atoms with Crippen LogP contribution in [0.3, 0.4) is 0 Å². The SMILES string of the molecule is CCOCCCNC(=O)c1cc(NC(=O)Nc2ccc(Br)cc2)ccc1N1CCC(C)CC1. The van der Waals surface area contributed by atoms with Crippen LogP contribution in [0.1, 0.15) is 43.5 Å². The summed E-state index contributed by atoms with van der Waals surface area (Å²) in [5.74, 6) is 0.553. The molecule has 1 saturated heterocycles. The minimum atomic E-state index is -0.361. The lowest BCUT2D eigenvalue weighted by molar-refractivity contribution is 0.0944. The van der Waals surface area contributed by atoms with Crippen molar-refractivity contribution in [1.29, 1.82) is 0 Å². The number of hydrogen-bond donors (Lipinski definition) is 3. The van der Waals surface area contributed by atoms with E-state index >= 15 is 0 Å². The molecule has 1 fully saturated rings.